The molecule has 3 aromatic rings. The van der Waals surface area contributed by atoms with Crippen LogP contribution >= 0.6 is 0 Å². The number of Topliss-reactive ketones (excluding diaryl/α,β-unsaturated/α-hetero) is 2. The molecule has 0 amide bonds. The van der Waals surface area contributed by atoms with Crippen LogP contribution < -0.4 is 4.74 Å². The fourth-order valence-electron chi connectivity index (χ4n) is 4.96. The Labute approximate surface area is 182 Å². The Balaban J connectivity index is 1.26. The second-order valence-corrected chi connectivity index (χ2v) is 8.86. The van der Waals surface area contributed by atoms with Crippen molar-refractivity contribution in [1.82, 2.24) is 4.90 Å². The molecule has 0 radical (unpaired) electrons. The second kappa shape index (κ2) is 8.27. The minimum Gasteiger partial charge on any atom is -0.492 e. The van der Waals surface area contributed by atoms with Crippen molar-refractivity contribution in [2.24, 2.45) is 5.92 Å². The normalized spacial score (nSPS) is 21.1. The minimum atomic E-state index is 0.122. The zero-order valence-corrected chi connectivity index (χ0v) is 17.8. The molecule has 2 heterocycles. The van der Waals surface area contributed by atoms with Gasteiger partial charge in [0.2, 0.25) is 0 Å². The SMILES string of the molecule is CC1CN(CCC(=O)c2ccc3cc4c(cc3c2)OCCC4=O)CC1c1ccccc1. The molecule has 3 aromatic carbocycles. The summed E-state index contributed by atoms with van der Waals surface area (Å²) in [4.78, 5) is 27.4. The molecule has 0 N–H and O–H groups in total. The van der Waals surface area contributed by atoms with Gasteiger partial charge in [-0.1, -0.05) is 49.4 Å². The van der Waals surface area contributed by atoms with Crippen molar-refractivity contribution in [3.63, 3.8) is 0 Å². The number of likely N-dealkylation sites (tertiary alicyclic amines) is 1. The Morgan fingerprint density at radius 3 is 2.71 bits per heavy atom. The van der Waals surface area contributed by atoms with E-state index >= 15 is 0 Å². The second-order valence-electron chi connectivity index (χ2n) is 8.86. The first-order valence-corrected chi connectivity index (χ1v) is 11.1. The smallest absolute Gasteiger partial charge is 0.170 e. The molecule has 1 saturated heterocycles. The number of hydrogen-bond acceptors (Lipinski definition) is 4. The Morgan fingerprint density at radius 1 is 1.03 bits per heavy atom. The summed E-state index contributed by atoms with van der Waals surface area (Å²) in [5.74, 6) is 2.04. The summed E-state index contributed by atoms with van der Waals surface area (Å²) in [6.45, 7) is 5.55. The van der Waals surface area contributed by atoms with E-state index in [-0.39, 0.29) is 11.6 Å². The standard InChI is InChI=1S/C27H27NO3/c1-18-16-28(17-24(18)19-5-3-2-4-6-19)11-9-25(29)21-8-7-20-14-23-26(30)10-12-31-27(23)15-22(20)13-21/h2-8,13-15,18,24H,9-12,16-17H2,1H3. The molecule has 2 aliphatic heterocycles. The van der Waals surface area contributed by atoms with E-state index in [2.05, 4.69) is 42.2 Å². The largest absolute Gasteiger partial charge is 0.492 e. The van der Waals surface area contributed by atoms with E-state index < -0.39 is 0 Å². The van der Waals surface area contributed by atoms with Crippen LogP contribution in [-0.2, 0) is 0 Å². The number of hydrogen-bond donors (Lipinski definition) is 0. The monoisotopic (exact) mass is 413 g/mol. The molecule has 2 unspecified atom stereocenters. The van der Waals surface area contributed by atoms with E-state index in [0.29, 0.717) is 42.6 Å². The van der Waals surface area contributed by atoms with Crippen molar-refractivity contribution < 1.29 is 14.3 Å². The third kappa shape index (κ3) is 4.00. The van der Waals surface area contributed by atoms with E-state index in [9.17, 15) is 9.59 Å². The lowest BCUT2D eigenvalue weighted by molar-refractivity contribution is 0.0931. The average Bonchev–Trinajstić information content (AvgIpc) is 3.17. The fourth-order valence-corrected chi connectivity index (χ4v) is 4.96. The van der Waals surface area contributed by atoms with Crippen LogP contribution in [0.4, 0.5) is 0 Å². The third-order valence-corrected chi connectivity index (χ3v) is 6.72. The average molecular weight is 414 g/mol. The molecule has 4 nitrogen and oxygen atoms in total. The number of benzene rings is 3. The van der Waals surface area contributed by atoms with Crippen molar-refractivity contribution in [2.75, 3.05) is 26.2 Å². The molecule has 0 bridgehead atoms. The van der Waals surface area contributed by atoms with E-state index in [1.807, 2.05) is 30.3 Å². The zero-order chi connectivity index (χ0) is 21.4. The van der Waals surface area contributed by atoms with Crippen LogP contribution in [0.1, 0.15) is 52.0 Å². The van der Waals surface area contributed by atoms with Crippen molar-refractivity contribution in [1.29, 1.82) is 0 Å². The quantitative estimate of drug-likeness (QED) is 0.545. The summed E-state index contributed by atoms with van der Waals surface area (Å²) < 4.78 is 5.66. The van der Waals surface area contributed by atoms with Gasteiger partial charge in [0.15, 0.2) is 11.6 Å². The van der Waals surface area contributed by atoms with Gasteiger partial charge in [0.25, 0.3) is 0 Å². The number of fused-ring (bicyclic) bond motifs is 2. The van der Waals surface area contributed by atoms with Gasteiger partial charge in [0.05, 0.1) is 12.2 Å². The van der Waals surface area contributed by atoms with Crippen LogP contribution in [0.2, 0.25) is 0 Å². The maximum Gasteiger partial charge on any atom is 0.170 e. The third-order valence-electron chi connectivity index (χ3n) is 6.72. The highest BCUT2D eigenvalue weighted by atomic mass is 16.5. The summed E-state index contributed by atoms with van der Waals surface area (Å²) in [5, 5.41) is 1.91. The van der Waals surface area contributed by atoms with E-state index in [4.69, 9.17) is 4.74 Å². The van der Waals surface area contributed by atoms with Crippen molar-refractivity contribution in [3.05, 3.63) is 77.4 Å². The maximum atomic E-state index is 12.9. The Kier molecular flexibility index (Phi) is 5.33. The number of ketones is 2. The molecule has 31 heavy (non-hydrogen) atoms. The predicted octanol–water partition coefficient (Wildman–Crippen LogP) is 5.11. The lowest BCUT2D eigenvalue weighted by Gasteiger charge is -2.17. The van der Waals surface area contributed by atoms with Gasteiger partial charge in [-0.25, -0.2) is 0 Å². The first kappa shape index (κ1) is 20.0. The van der Waals surface area contributed by atoms with Gasteiger partial charge in [-0.3, -0.25) is 9.59 Å². The number of nitrogens with zero attached hydrogens (tertiary/aromatic N) is 1. The number of ether oxygens (including phenoxy) is 1. The topological polar surface area (TPSA) is 46.6 Å². The van der Waals surface area contributed by atoms with Gasteiger partial charge in [0.1, 0.15) is 5.75 Å². The summed E-state index contributed by atoms with van der Waals surface area (Å²) in [6.07, 6.45) is 0.939. The first-order valence-electron chi connectivity index (χ1n) is 11.1. The molecule has 1 fully saturated rings. The molecule has 5 rings (SSSR count). The Bertz CT molecular complexity index is 1140. The molecule has 158 valence electrons. The minimum absolute atomic E-state index is 0.122. The molecule has 4 heteroatoms. The van der Waals surface area contributed by atoms with E-state index in [1.165, 1.54) is 5.56 Å². The van der Waals surface area contributed by atoms with Gasteiger partial charge in [-0.2, -0.15) is 0 Å². The molecule has 0 aliphatic carbocycles. The van der Waals surface area contributed by atoms with E-state index in [1.54, 1.807) is 0 Å². The van der Waals surface area contributed by atoms with E-state index in [0.717, 1.165) is 36.0 Å². The molecule has 2 aliphatic rings. The maximum absolute atomic E-state index is 12.9. The molecular formula is C27H27NO3. The van der Waals surface area contributed by atoms with Crippen molar-refractivity contribution in [2.45, 2.75) is 25.7 Å². The molecular weight excluding hydrogens is 386 g/mol. The number of rotatable bonds is 5. The molecule has 2 atom stereocenters. The highest BCUT2D eigenvalue weighted by molar-refractivity contribution is 6.05. The Morgan fingerprint density at radius 2 is 1.87 bits per heavy atom. The predicted molar refractivity (Wildman–Crippen MR) is 122 cm³/mol. The lowest BCUT2D eigenvalue weighted by atomic mass is 9.90. The van der Waals surface area contributed by atoms with Crippen molar-refractivity contribution in [3.8, 4) is 5.75 Å². The van der Waals surface area contributed by atoms with Crippen LogP contribution in [0.15, 0.2) is 60.7 Å². The summed E-state index contributed by atoms with van der Waals surface area (Å²) in [6, 6.07) is 20.2. The van der Waals surface area contributed by atoms with Crippen LogP contribution in [-0.4, -0.2) is 42.7 Å². The van der Waals surface area contributed by atoms with Crippen LogP contribution in [0.3, 0.4) is 0 Å². The van der Waals surface area contributed by atoms with Crippen molar-refractivity contribution >= 4 is 22.3 Å². The highest BCUT2D eigenvalue weighted by Crippen LogP contribution is 2.33. The Hall–Kier alpha value is -2.98. The number of carbonyl (C=O) groups is 2. The van der Waals surface area contributed by atoms with Crippen LogP contribution in [0.25, 0.3) is 10.8 Å². The van der Waals surface area contributed by atoms with Gasteiger partial charge < -0.3 is 9.64 Å². The molecule has 0 saturated carbocycles. The van der Waals surface area contributed by atoms with Crippen LogP contribution in [0.5, 0.6) is 5.75 Å². The molecule has 0 aromatic heterocycles. The molecule has 0 spiro atoms. The fraction of sp³-hybridized carbons (Fsp3) is 0.333. The first-order chi connectivity index (χ1) is 15.1. The summed E-state index contributed by atoms with van der Waals surface area (Å²) >= 11 is 0. The van der Waals surface area contributed by atoms with Crippen LogP contribution in [0, 0.1) is 5.92 Å². The number of carbonyl (C=O) groups excluding carboxylic acids is 2. The summed E-state index contributed by atoms with van der Waals surface area (Å²) in [7, 11) is 0. The van der Waals surface area contributed by atoms with Gasteiger partial charge in [0, 0.05) is 44.0 Å². The lowest BCUT2D eigenvalue weighted by Crippen LogP contribution is -2.24. The zero-order valence-electron chi connectivity index (χ0n) is 17.8. The van der Waals surface area contributed by atoms with Gasteiger partial charge in [-0.05, 0) is 40.5 Å². The van der Waals surface area contributed by atoms with Gasteiger partial charge in [-0.15, -0.1) is 0 Å². The van der Waals surface area contributed by atoms with Gasteiger partial charge >= 0.3 is 0 Å². The summed E-state index contributed by atoms with van der Waals surface area (Å²) in [5.41, 5.74) is 2.76. The highest BCUT2D eigenvalue weighted by Gasteiger charge is 2.30.